The third-order valence-corrected chi connectivity index (χ3v) is 4.30. The summed E-state index contributed by atoms with van der Waals surface area (Å²) in [4.78, 5) is 11.2. The summed E-state index contributed by atoms with van der Waals surface area (Å²) in [5.41, 5.74) is 0. The lowest BCUT2D eigenvalue weighted by atomic mass is 10.2. The quantitative estimate of drug-likeness (QED) is 0.488. The van der Waals surface area contributed by atoms with Crippen LogP contribution in [0, 0.1) is 0 Å². The minimum absolute atomic E-state index is 0.0206. The average Bonchev–Trinajstić information content (AvgIpc) is 2.60. The molecule has 2 atom stereocenters. The van der Waals surface area contributed by atoms with Gasteiger partial charge in [0, 0.05) is 0 Å². The van der Waals surface area contributed by atoms with Crippen LogP contribution in [0.1, 0.15) is 39.0 Å². The largest absolute Gasteiger partial charge is 0.462 e. The van der Waals surface area contributed by atoms with Crippen molar-refractivity contribution in [2.45, 2.75) is 51.2 Å². The van der Waals surface area contributed by atoms with E-state index in [2.05, 4.69) is 16.4 Å². The molecule has 1 fully saturated rings. The molecule has 2 unspecified atom stereocenters. The van der Waals surface area contributed by atoms with Gasteiger partial charge in [0.05, 0.1) is 5.75 Å². The maximum atomic E-state index is 11.7. The summed E-state index contributed by atoms with van der Waals surface area (Å²) in [6, 6.07) is -1.15. The number of rotatable bonds is 8. The minimum atomic E-state index is -3.53. The number of hydrogen-bond donors (Lipinski definition) is 2. The van der Waals surface area contributed by atoms with E-state index in [1.807, 2.05) is 0 Å². The Morgan fingerprint density at radius 2 is 2.00 bits per heavy atom. The Labute approximate surface area is 108 Å². The van der Waals surface area contributed by atoms with Gasteiger partial charge in [-0.05, 0) is 6.42 Å². The Kier molecular flexibility index (Phi) is 6.04. The average molecular weight is 279 g/mol. The van der Waals surface area contributed by atoms with E-state index in [0.717, 1.165) is 25.7 Å². The lowest BCUT2D eigenvalue weighted by Gasteiger charge is -2.12. The fourth-order valence-corrected chi connectivity index (χ4v) is 3.13. The Balaban J connectivity index is 2.33. The van der Waals surface area contributed by atoms with Crippen LogP contribution in [0.5, 0.6) is 0 Å². The standard InChI is InChI=1S/C11H21NO5S/c1-2-3-4-5-6-7-18(15,16)12-10-9(13)8-17-11(10)14/h9-10,12-13H,2-8H2,1H3. The monoisotopic (exact) mass is 279 g/mol. The Morgan fingerprint density at radius 3 is 2.56 bits per heavy atom. The summed E-state index contributed by atoms with van der Waals surface area (Å²) in [6.45, 7) is 1.94. The predicted octanol–water partition coefficient (Wildman–Crippen LogP) is 0.162. The van der Waals surface area contributed by atoms with Crippen LogP contribution in [0.15, 0.2) is 0 Å². The van der Waals surface area contributed by atoms with Crippen LogP contribution in [0.25, 0.3) is 0 Å². The highest BCUT2D eigenvalue weighted by Gasteiger charge is 2.38. The molecule has 106 valence electrons. The third-order valence-electron chi connectivity index (χ3n) is 2.86. The van der Waals surface area contributed by atoms with E-state index < -0.39 is 28.1 Å². The second kappa shape index (κ2) is 7.06. The molecular formula is C11H21NO5S. The molecule has 0 amide bonds. The number of aliphatic hydroxyl groups excluding tert-OH is 1. The van der Waals surface area contributed by atoms with Gasteiger partial charge in [-0.15, -0.1) is 0 Å². The molecule has 0 aliphatic carbocycles. The normalized spacial score (nSPS) is 24.2. The molecule has 0 aromatic heterocycles. The van der Waals surface area contributed by atoms with Gasteiger partial charge in [0.1, 0.15) is 18.8 Å². The first-order chi connectivity index (χ1) is 8.46. The molecule has 0 radical (unpaired) electrons. The Morgan fingerprint density at radius 1 is 1.33 bits per heavy atom. The molecule has 0 aromatic rings. The lowest BCUT2D eigenvalue weighted by Crippen LogP contribution is -2.45. The summed E-state index contributed by atoms with van der Waals surface area (Å²) in [6.07, 6.45) is 3.54. The number of esters is 1. The number of ether oxygens (including phenoxy) is 1. The van der Waals surface area contributed by atoms with Gasteiger partial charge < -0.3 is 9.84 Å². The second-order valence-corrected chi connectivity index (χ2v) is 6.40. The first-order valence-corrected chi connectivity index (χ1v) is 7.96. The van der Waals surface area contributed by atoms with E-state index >= 15 is 0 Å². The molecule has 1 rings (SSSR count). The number of carbonyl (C=O) groups is 1. The van der Waals surface area contributed by atoms with Crippen molar-refractivity contribution in [1.82, 2.24) is 4.72 Å². The topological polar surface area (TPSA) is 92.7 Å². The van der Waals surface area contributed by atoms with Crippen molar-refractivity contribution in [3.63, 3.8) is 0 Å². The minimum Gasteiger partial charge on any atom is -0.462 e. The molecule has 1 saturated heterocycles. The molecular weight excluding hydrogens is 258 g/mol. The van der Waals surface area contributed by atoms with E-state index in [0.29, 0.717) is 6.42 Å². The van der Waals surface area contributed by atoms with Crippen molar-refractivity contribution in [2.75, 3.05) is 12.4 Å². The molecule has 0 spiro atoms. The van der Waals surface area contributed by atoms with Crippen molar-refractivity contribution in [1.29, 1.82) is 0 Å². The molecule has 1 aliphatic rings. The van der Waals surface area contributed by atoms with E-state index in [-0.39, 0.29) is 12.4 Å². The molecule has 7 heteroatoms. The highest BCUT2D eigenvalue weighted by atomic mass is 32.2. The first-order valence-electron chi connectivity index (χ1n) is 6.31. The third kappa shape index (κ3) is 4.91. The van der Waals surface area contributed by atoms with E-state index in [1.54, 1.807) is 0 Å². The van der Waals surface area contributed by atoms with Gasteiger partial charge in [-0.2, -0.15) is 4.72 Å². The number of hydrogen-bond acceptors (Lipinski definition) is 5. The van der Waals surface area contributed by atoms with Crippen LogP contribution in [0.4, 0.5) is 0 Å². The van der Waals surface area contributed by atoms with Gasteiger partial charge in [-0.3, -0.25) is 4.79 Å². The van der Waals surface area contributed by atoms with Crippen LogP contribution in [-0.2, 0) is 19.6 Å². The van der Waals surface area contributed by atoms with Crippen LogP contribution >= 0.6 is 0 Å². The summed E-state index contributed by atoms with van der Waals surface area (Å²) in [5, 5.41) is 9.39. The van der Waals surface area contributed by atoms with Crippen LogP contribution in [0.3, 0.4) is 0 Å². The maximum Gasteiger partial charge on any atom is 0.327 e. The molecule has 1 aliphatic heterocycles. The summed E-state index contributed by atoms with van der Waals surface area (Å²) < 4.78 is 30.1. The Bertz CT molecular complexity index is 368. The van der Waals surface area contributed by atoms with Crippen LogP contribution in [0.2, 0.25) is 0 Å². The number of nitrogens with one attached hydrogen (secondary N) is 1. The zero-order valence-corrected chi connectivity index (χ0v) is 11.4. The highest BCUT2D eigenvalue weighted by molar-refractivity contribution is 7.89. The van der Waals surface area contributed by atoms with E-state index in [1.165, 1.54) is 0 Å². The van der Waals surface area contributed by atoms with Gasteiger partial charge in [-0.25, -0.2) is 8.42 Å². The zero-order chi connectivity index (χ0) is 13.6. The second-order valence-electron chi connectivity index (χ2n) is 4.53. The van der Waals surface area contributed by atoms with E-state index in [9.17, 15) is 18.3 Å². The molecule has 0 saturated carbocycles. The number of carbonyl (C=O) groups excluding carboxylic acids is 1. The number of sulfonamides is 1. The number of cyclic esters (lactones) is 1. The fraction of sp³-hybridized carbons (Fsp3) is 0.909. The van der Waals surface area contributed by atoms with Gasteiger partial charge in [0.2, 0.25) is 10.0 Å². The van der Waals surface area contributed by atoms with Crippen molar-refractivity contribution in [3.05, 3.63) is 0 Å². The van der Waals surface area contributed by atoms with Crippen LogP contribution in [-0.4, -0.2) is 44.0 Å². The van der Waals surface area contributed by atoms with Gasteiger partial charge in [0.15, 0.2) is 0 Å². The predicted molar refractivity (Wildman–Crippen MR) is 66.4 cm³/mol. The van der Waals surface area contributed by atoms with Gasteiger partial charge >= 0.3 is 5.97 Å². The maximum absolute atomic E-state index is 11.7. The Hall–Kier alpha value is -0.660. The van der Waals surface area contributed by atoms with Gasteiger partial charge in [-0.1, -0.05) is 32.6 Å². The molecule has 1 heterocycles. The SMILES string of the molecule is CCCCCCCS(=O)(=O)NC1C(=O)OCC1O. The number of unbranched alkanes of at least 4 members (excludes halogenated alkanes) is 4. The van der Waals surface area contributed by atoms with Crippen LogP contribution < -0.4 is 4.72 Å². The molecule has 6 nitrogen and oxygen atoms in total. The van der Waals surface area contributed by atoms with Crippen molar-refractivity contribution in [2.24, 2.45) is 0 Å². The first kappa shape index (κ1) is 15.4. The molecule has 0 bridgehead atoms. The lowest BCUT2D eigenvalue weighted by molar-refractivity contribution is -0.139. The van der Waals surface area contributed by atoms with E-state index in [4.69, 9.17) is 0 Å². The smallest absolute Gasteiger partial charge is 0.327 e. The molecule has 18 heavy (non-hydrogen) atoms. The summed E-state index contributed by atoms with van der Waals surface area (Å²) in [7, 11) is -3.53. The summed E-state index contributed by atoms with van der Waals surface area (Å²) >= 11 is 0. The van der Waals surface area contributed by atoms with Gasteiger partial charge in [0.25, 0.3) is 0 Å². The molecule has 0 aromatic carbocycles. The molecule has 2 N–H and O–H groups in total. The number of aliphatic hydroxyl groups is 1. The fourth-order valence-electron chi connectivity index (χ4n) is 1.79. The zero-order valence-electron chi connectivity index (χ0n) is 10.6. The van der Waals surface area contributed by atoms with Crippen molar-refractivity contribution >= 4 is 16.0 Å². The van der Waals surface area contributed by atoms with Crippen molar-refractivity contribution in [3.8, 4) is 0 Å². The van der Waals surface area contributed by atoms with Crippen molar-refractivity contribution < 1.29 is 23.1 Å². The summed E-state index contributed by atoms with van der Waals surface area (Å²) in [5.74, 6) is -0.732. The highest BCUT2D eigenvalue weighted by Crippen LogP contribution is 2.10.